The van der Waals surface area contributed by atoms with Crippen LogP contribution in [0.15, 0.2) is 56.9 Å². The minimum Gasteiger partial charge on any atom is -0.324 e. The average molecular weight is 465 g/mol. The lowest BCUT2D eigenvalue weighted by Crippen LogP contribution is -2.38. The molecule has 164 valence electrons. The van der Waals surface area contributed by atoms with Gasteiger partial charge in [-0.25, -0.2) is 13.2 Å². The molecule has 0 aliphatic carbocycles. The summed E-state index contributed by atoms with van der Waals surface area (Å²) in [6, 6.07) is 10.5. The van der Waals surface area contributed by atoms with Crippen molar-refractivity contribution >= 4 is 44.1 Å². The molecule has 0 aliphatic heterocycles. The Morgan fingerprint density at radius 3 is 2.48 bits per heavy atom. The number of nitrogens with one attached hydrogen (secondary N) is 2. The van der Waals surface area contributed by atoms with Gasteiger partial charge in [-0.2, -0.15) is 4.31 Å². The fourth-order valence-electron chi connectivity index (χ4n) is 3.17. The molecule has 1 aromatic heterocycles. The number of aromatic nitrogens is 2. The van der Waals surface area contributed by atoms with Gasteiger partial charge in [0.2, 0.25) is 15.9 Å². The van der Waals surface area contributed by atoms with Gasteiger partial charge in [-0.05, 0) is 30.3 Å². The Morgan fingerprint density at radius 1 is 1.13 bits per heavy atom. The number of benzene rings is 2. The molecule has 1 amide bonds. The van der Waals surface area contributed by atoms with Gasteiger partial charge in [-0.15, -0.1) is 0 Å². The van der Waals surface area contributed by atoms with Crippen LogP contribution in [0.1, 0.15) is 13.8 Å². The second-order valence-electron chi connectivity index (χ2n) is 6.65. The van der Waals surface area contributed by atoms with E-state index in [0.29, 0.717) is 5.52 Å². The molecule has 31 heavy (non-hydrogen) atoms. The van der Waals surface area contributed by atoms with Crippen LogP contribution in [0.4, 0.5) is 5.69 Å². The second kappa shape index (κ2) is 9.04. The highest BCUT2D eigenvalue weighted by Gasteiger charge is 2.25. The van der Waals surface area contributed by atoms with E-state index in [9.17, 15) is 22.8 Å². The normalized spacial score (nSPS) is 11.7. The van der Waals surface area contributed by atoms with Crippen molar-refractivity contribution in [1.29, 1.82) is 0 Å². The van der Waals surface area contributed by atoms with E-state index >= 15 is 0 Å². The first kappa shape index (κ1) is 22.7. The van der Waals surface area contributed by atoms with E-state index in [1.54, 1.807) is 38.1 Å². The molecule has 0 atom stereocenters. The van der Waals surface area contributed by atoms with Gasteiger partial charge in [0.15, 0.2) is 0 Å². The number of nitrogens with zero attached hydrogens (tertiary/aromatic N) is 2. The lowest BCUT2D eigenvalue weighted by atomic mass is 10.2. The fraction of sp³-hybridized carbons (Fsp3) is 0.250. The lowest BCUT2D eigenvalue weighted by molar-refractivity contribution is -0.116. The van der Waals surface area contributed by atoms with Crippen LogP contribution in [0.25, 0.3) is 10.9 Å². The third-order valence-corrected chi connectivity index (χ3v) is 7.26. The first-order valence-electron chi connectivity index (χ1n) is 9.50. The SMILES string of the molecule is CCN(CC)S(=O)(=O)c1cc(NC(=O)Cn2c(=O)[nH]c3ccccc3c2=O)ccc1Cl. The number of carbonyl (C=O) groups excluding carboxylic acids is 1. The van der Waals surface area contributed by atoms with Crippen molar-refractivity contribution in [2.45, 2.75) is 25.3 Å². The maximum Gasteiger partial charge on any atom is 0.329 e. The van der Waals surface area contributed by atoms with Gasteiger partial charge >= 0.3 is 5.69 Å². The molecule has 2 N–H and O–H groups in total. The van der Waals surface area contributed by atoms with Crippen LogP contribution in [0, 0.1) is 0 Å². The molecule has 0 radical (unpaired) electrons. The van der Waals surface area contributed by atoms with Crippen LogP contribution in [0.2, 0.25) is 5.02 Å². The predicted octanol–water partition coefficient (Wildman–Crippen LogP) is 2.01. The van der Waals surface area contributed by atoms with Crippen LogP contribution >= 0.6 is 11.6 Å². The van der Waals surface area contributed by atoms with Gasteiger partial charge < -0.3 is 10.3 Å². The number of fused-ring (bicyclic) bond motifs is 1. The Kier molecular flexibility index (Phi) is 6.63. The molecule has 0 saturated carbocycles. The molecular weight excluding hydrogens is 444 g/mol. The van der Waals surface area contributed by atoms with Crippen LogP contribution in [0.5, 0.6) is 0 Å². The van der Waals surface area contributed by atoms with Crippen molar-refractivity contribution < 1.29 is 13.2 Å². The lowest BCUT2D eigenvalue weighted by Gasteiger charge is -2.19. The van der Waals surface area contributed by atoms with Crippen molar-refractivity contribution in [3.63, 3.8) is 0 Å². The van der Waals surface area contributed by atoms with Crippen molar-refractivity contribution in [2.75, 3.05) is 18.4 Å². The molecule has 11 heteroatoms. The van der Waals surface area contributed by atoms with Gasteiger partial charge in [-0.3, -0.25) is 14.2 Å². The highest BCUT2D eigenvalue weighted by Crippen LogP contribution is 2.27. The van der Waals surface area contributed by atoms with Crippen LogP contribution in [-0.4, -0.2) is 41.3 Å². The number of carbonyl (C=O) groups is 1. The number of para-hydroxylation sites is 1. The number of H-pyrrole nitrogens is 1. The number of hydrogen-bond acceptors (Lipinski definition) is 5. The largest absolute Gasteiger partial charge is 0.329 e. The maximum atomic E-state index is 12.8. The number of sulfonamides is 1. The Bertz CT molecular complexity index is 1360. The molecule has 9 nitrogen and oxygen atoms in total. The summed E-state index contributed by atoms with van der Waals surface area (Å²) in [5.41, 5.74) is -0.779. The monoisotopic (exact) mass is 464 g/mol. The zero-order valence-electron chi connectivity index (χ0n) is 16.9. The standard InChI is InChI=1S/C20H21ClN4O5S/c1-3-24(4-2)31(29,30)17-11-13(9-10-15(17)21)22-18(26)12-25-19(27)14-7-5-6-8-16(14)23-20(25)28/h5-11H,3-4,12H2,1-2H3,(H,22,26)(H,23,28). The van der Waals surface area contributed by atoms with E-state index < -0.39 is 33.7 Å². The molecule has 0 bridgehead atoms. The van der Waals surface area contributed by atoms with Crippen LogP contribution in [-0.2, 0) is 21.4 Å². The predicted molar refractivity (Wildman–Crippen MR) is 119 cm³/mol. The highest BCUT2D eigenvalue weighted by molar-refractivity contribution is 7.89. The zero-order valence-corrected chi connectivity index (χ0v) is 18.5. The number of aromatic amines is 1. The molecule has 2 aromatic carbocycles. The molecule has 1 heterocycles. The minimum absolute atomic E-state index is 0.0205. The summed E-state index contributed by atoms with van der Waals surface area (Å²) in [6.07, 6.45) is 0. The Morgan fingerprint density at radius 2 is 1.81 bits per heavy atom. The summed E-state index contributed by atoms with van der Waals surface area (Å²) >= 11 is 6.09. The van der Waals surface area contributed by atoms with Gasteiger partial charge in [0, 0.05) is 18.8 Å². The molecule has 3 rings (SSSR count). The van der Waals surface area contributed by atoms with Crippen LogP contribution < -0.4 is 16.6 Å². The third-order valence-electron chi connectivity index (χ3n) is 4.73. The van der Waals surface area contributed by atoms with E-state index in [-0.39, 0.29) is 34.1 Å². The minimum atomic E-state index is -3.85. The number of anilines is 1. The highest BCUT2D eigenvalue weighted by atomic mass is 35.5. The Balaban J connectivity index is 1.89. The smallest absolute Gasteiger partial charge is 0.324 e. The zero-order chi connectivity index (χ0) is 22.8. The summed E-state index contributed by atoms with van der Waals surface area (Å²) in [6.45, 7) is 3.40. The summed E-state index contributed by atoms with van der Waals surface area (Å²) < 4.78 is 27.6. The fourth-order valence-corrected chi connectivity index (χ4v) is 5.13. The second-order valence-corrected chi connectivity index (χ2v) is 8.96. The summed E-state index contributed by atoms with van der Waals surface area (Å²) in [4.78, 5) is 39.7. The molecule has 0 fully saturated rings. The Hall–Kier alpha value is -2.95. The summed E-state index contributed by atoms with van der Waals surface area (Å²) in [5.74, 6) is -0.670. The van der Waals surface area contributed by atoms with E-state index in [4.69, 9.17) is 11.6 Å². The van der Waals surface area contributed by atoms with Gasteiger partial charge in [0.1, 0.15) is 11.4 Å². The third kappa shape index (κ3) is 4.55. The van der Waals surface area contributed by atoms with E-state index in [1.165, 1.54) is 22.5 Å². The van der Waals surface area contributed by atoms with Gasteiger partial charge in [0.25, 0.3) is 5.56 Å². The molecule has 0 spiro atoms. The van der Waals surface area contributed by atoms with Crippen molar-refractivity contribution in [1.82, 2.24) is 13.9 Å². The van der Waals surface area contributed by atoms with Gasteiger partial charge in [0.05, 0.1) is 15.9 Å². The molecule has 0 aliphatic rings. The summed E-state index contributed by atoms with van der Waals surface area (Å²) in [7, 11) is -3.85. The molecular formula is C20H21ClN4O5S. The average Bonchev–Trinajstić information content (AvgIpc) is 2.73. The summed E-state index contributed by atoms with van der Waals surface area (Å²) in [5, 5.41) is 2.81. The van der Waals surface area contributed by atoms with E-state index in [1.807, 2.05) is 0 Å². The number of hydrogen-bond donors (Lipinski definition) is 2. The topological polar surface area (TPSA) is 121 Å². The first-order chi connectivity index (χ1) is 14.7. The molecule has 0 saturated heterocycles. The van der Waals surface area contributed by atoms with Crippen molar-refractivity contribution in [3.8, 4) is 0 Å². The molecule has 3 aromatic rings. The van der Waals surface area contributed by atoms with E-state index in [2.05, 4.69) is 10.3 Å². The Labute approximate surface area is 183 Å². The number of rotatable bonds is 7. The first-order valence-corrected chi connectivity index (χ1v) is 11.3. The number of halogens is 1. The quantitative estimate of drug-likeness (QED) is 0.554. The van der Waals surface area contributed by atoms with Crippen LogP contribution in [0.3, 0.4) is 0 Å². The van der Waals surface area contributed by atoms with Crippen molar-refractivity contribution in [3.05, 3.63) is 68.3 Å². The number of amides is 1. The molecule has 0 unspecified atom stereocenters. The van der Waals surface area contributed by atoms with Gasteiger partial charge in [-0.1, -0.05) is 37.6 Å². The van der Waals surface area contributed by atoms with Crippen molar-refractivity contribution in [2.24, 2.45) is 0 Å². The van der Waals surface area contributed by atoms with E-state index in [0.717, 1.165) is 4.57 Å². The maximum absolute atomic E-state index is 12.8.